The summed E-state index contributed by atoms with van der Waals surface area (Å²) >= 11 is 7.11. The van der Waals surface area contributed by atoms with Crippen molar-refractivity contribution in [3.05, 3.63) is 60.7 Å². The molecule has 0 spiro atoms. The number of hydrogen-bond donors (Lipinski definition) is 0. The zero-order valence-corrected chi connectivity index (χ0v) is 21.6. The minimum Gasteiger partial charge on any atom is -0.407 e. The van der Waals surface area contributed by atoms with Gasteiger partial charge in [0.05, 0.1) is 3.74 Å². The van der Waals surface area contributed by atoms with Crippen LogP contribution < -0.4 is 10.4 Å². The molecule has 0 fully saturated rings. The fourth-order valence-electron chi connectivity index (χ4n) is 3.92. The Morgan fingerprint density at radius 3 is 1.68 bits per heavy atom. The van der Waals surface area contributed by atoms with Gasteiger partial charge >= 0.3 is 0 Å². The van der Waals surface area contributed by atoms with Crippen LogP contribution in [-0.4, -0.2) is 18.7 Å². The van der Waals surface area contributed by atoms with Gasteiger partial charge in [0.1, 0.15) is 0 Å². The Kier molecular flexibility index (Phi) is 9.95. The van der Waals surface area contributed by atoms with Gasteiger partial charge in [-0.25, -0.2) is 0 Å². The van der Waals surface area contributed by atoms with Gasteiger partial charge in [-0.2, -0.15) is 0 Å². The van der Waals surface area contributed by atoms with Crippen molar-refractivity contribution in [3.8, 4) is 0 Å². The van der Waals surface area contributed by atoms with Gasteiger partial charge in [-0.1, -0.05) is 139 Å². The molecule has 0 heterocycles. The molecule has 0 amide bonds. The van der Waals surface area contributed by atoms with Crippen molar-refractivity contribution < 1.29 is 4.43 Å². The van der Waals surface area contributed by atoms with E-state index in [1.807, 2.05) is 0 Å². The fourth-order valence-corrected chi connectivity index (χ4v) is 9.17. The molecule has 4 heteroatoms. The van der Waals surface area contributed by atoms with E-state index in [0.29, 0.717) is 3.74 Å². The molecule has 0 unspecified atom stereocenters. The average molecular weight is 526 g/mol. The zero-order chi connectivity index (χ0) is 20.5. The second-order valence-electron chi connectivity index (χ2n) is 8.46. The van der Waals surface area contributed by atoms with Crippen molar-refractivity contribution in [1.82, 2.24) is 0 Å². The molecule has 0 N–H and O–H groups in total. The Bertz CT molecular complexity index is 629. The molecule has 2 aromatic carbocycles. The molecular formula is C24H34Br2OSi. The Hall–Kier alpha value is -0.423. The Labute approximate surface area is 189 Å². The topological polar surface area (TPSA) is 9.23 Å². The molecule has 0 bridgehead atoms. The van der Waals surface area contributed by atoms with Gasteiger partial charge < -0.3 is 4.43 Å². The molecular weight excluding hydrogens is 492 g/mol. The van der Waals surface area contributed by atoms with Gasteiger partial charge in [0, 0.05) is 6.61 Å². The summed E-state index contributed by atoms with van der Waals surface area (Å²) in [4.78, 5) is 0. The lowest BCUT2D eigenvalue weighted by Crippen LogP contribution is -2.66. The lowest BCUT2D eigenvalue weighted by Gasteiger charge is -2.43. The third kappa shape index (κ3) is 6.55. The van der Waals surface area contributed by atoms with Crippen LogP contribution >= 0.6 is 31.9 Å². The van der Waals surface area contributed by atoms with E-state index in [1.54, 1.807) is 0 Å². The highest BCUT2D eigenvalue weighted by atomic mass is 79.9. The van der Waals surface area contributed by atoms with E-state index in [9.17, 15) is 0 Å². The lowest BCUT2D eigenvalue weighted by molar-refractivity contribution is 0.286. The maximum atomic E-state index is 6.93. The predicted molar refractivity (Wildman–Crippen MR) is 133 cm³/mol. The first-order valence-electron chi connectivity index (χ1n) is 10.4. The average Bonchev–Trinajstić information content (AvgIpc) is 2.67. The highest BCUT2D eigenvalue weighted by molar-refractivity contribution is 9.24. The van der Waals surface area contributed by atoms with Crippen LogP contribution in [0.4, 0.5) is 0 Å². The fraction of sp³-hybridized carbons (Fsp3) is 0.500. The summed E-state index contributed by atoms with van der Waals surface area (Å²) in [5.74, 6) is 0. The van der Waals surface area contributed by atoms with Crippen molar-refractivity contribution in [1.29, 1.82) is 0 Å². The molecule has 0 aliphatic heterocycles. The van der Waals surface area contributed by atoms with Crippen LogP contribution in [0.3, 0.4) is 0 Å². The van der Waals surface area contributed by atoms with Crippen LogP contribution in [0.5, 0.6) is 0 Å². The van der Waals surface area contributed by atoms with E-state index < -0.39 is 8.32 Å². The number of rotatable bonds is 11. The molecule has 0 radical (unpaired) electrons. The van der Waals surface area contributed by atoms with Gasteiger partial charge in [-0.3, -0.25) is 0 Å². The van der Waals surface area contributed by atoms with Crippen molar-refractivity contribution in [3.63, 3.8) is 0 Å². The van der Waals surface area contributed by atoms with Crippen LogP contribution in [0.25, 0.3) is 0 Å². The van der Waals surface area contributed by atoms with Crippen LogP contribution in [-0.2, 0) is 4.43 Å². The normalized spacial score (nSPS) is 12.5. The largest absolute Gasteiger partial charge is 0.407 e. The molecule has 0 aliphatic carbocycles. The molecule has 0 saturated carbocycles. The SMILES string of the molecule is CC(C)(C)[Si](OCCCCCCCC(Br)Br)(c1ccccc1)c1ccccc1. The number of unbranched alkanes of at least 4 members (excludes halogenated alkanes) is 4. The Morgan fingerprint density at radius 2 is 1.21 bits per heavy atom. The zero-order valence-electron chi connectivity index (χ0n) is 17.5. The molecule has 0 aromatic heterocycles. The highest BCUT2D eigenvalue weighted by Gasteiger charge is 2.49. The van der Waals surface area contributed by atoms with E-state index in [0.717, 1.165) is 13.0 Å². The summed E-state index contributed by atoms with van der Waals surface area (Å²) in [5.41, 5.74) is 0. The molecule has 0 atom stereocenters. The predicted octanol–water partition coefficient (Wildman–Crippen LogP) is 7.02. The number of alkyl halides is 2. The highest BCUT2D eigenvalue weighted by Crippen LogP contribution is 2.36. The Morgan fingerprint density at radius 1 is 0.750 bits per heavy atom. The van der Waals surface area contributed by atoms with Gasteiger partial charge in [-0.05, 0) is 28.3 Å². The van der Waals surface area contributed by atoms with Crippen molar-refractivity contribution in [2.45, 2.75) is 68.1 Å². The number of halogens is 2. The van der Waals surface area contributed by atoms with E-state index in [1.165, 1.54) is 42.5 Å². The molecule has 0 saturated heterocycles. The quantitative estimate of drug-likeness (QED) is 0.174. The summed E-state index contributed by atoms with van der Waals surface area (Å²) < 4.78 is 7.39. The van der Waals surface area contributed by atoms with Crippen molar-refractivity contribution in [2.75, 3.05) is 6.61 Å². The van der Waals surface area contributed by atoms with Gasteiger partial charge in [0.25, 0.3) is 8.32 Å². The molecule has 154 valence electrons. The maximum Gasteiger partial charge on any atom is 0.261 e. The summed E-state index contributed by atoms with van der Waals surface area (Å²) in [5, 5.41) is 2.81. The first-order chi connectivity index (χ1) is 13.4. The monoisotopic (exact) mass is 524 g/mol. The minimum atomic E-state index is -2.35. The summed E-state index contributed by atoms with van der Waals surface area (Å²) in [7, 11) is -2.35. The van der Waals surface area contributed by atoms with Crippen molar-refractivity contribution in [2.24, 2.45) is 0 Å². The second kappa shape index (κ2) is 11.7. The van der Waals surface area contributed by atoms with Crippen molar-refractivity contribution >= 4 is 50.6 Å². The lowest BCUT2D eigenvalue weighted by atomic mass is 10.1. The maximum absolute atomic E-state index is 6.93. The third-order valence-electron chi connectivity index (χ3n) is 5.30. The summed E-state index contributed by atoms with van der Waals surface area (Å²) in [6, 6.07) is 21.9. The number of hydrogen-bond acceptors (Lipinski definition) is 1. The summed E-state index contributed by atoms with van der Waals surface area (Å²) in [6.45, 7) is 7.87. The molecule has 1 nitrogen and oxygen atoms in total. The van der Waals surface area contributed by atoms with Crippen LogP contribution in [0, 0.1) is 0 Å². The smallest absolute Gasteiger partial charge is 0.261 e. The van der Waals surface area contributed by atoms with Gasteiger partial charge in [-0.15, -0.1) is 0 Å². The third-order valence-corrected chi connectivity index (χ3v) is 11.3. The van der Waals surface area contributed by atoms with E-state index in [4.69, 9.17) is 4.43 Å². The van der Waals surface area contributed by atoms with Crippen LogP contribution in [0.15, 0.2) is 60.7 Å². The first kappa shape index (κ1) is 23.9. The minimum absolute atomic E-state index is 0.0659. The molecule has 0 aliphatic rings. The van der Waals surface area contributed by atoms with E-state index in [2.05, 4.69) is 113 Å². The van der Waals surface area contributed by atoms with E-state index in [-0.39, 0.29) is 5.04 Å². The molecule has 28 heavy (non-hydrogen) atoms. The Balaban J connectivity index is 2.10. The van der Waals surface area contributed by atoms with Crippen LogP contribution in [0.2, 0.25) is 5.04 Å². The van der Waals surface area contributed by atoms with Crippen LogP contribution in [0.1, 0.15) is 59.3 Å². The molecule has 2 aromatic rings. The van der Waals surface area contributed by atoms with Gasteiger partial charge in [0.15, 0.2) is 0 Å². The molecule has 2 rings (SSSR count). The summed E-state index contributed by atoms with van der Waals surface area (Å²) in [6.07, 6.45) is 7.43. The number of benzene rings is 2. The standard InChI is InChI=1S/C24H34Br2OSi/c1-24(2,3)28(21-15-9-7-10-16-21,22-17-11-8-12-18-22)27-20-14-6-4-5-13-19-23(25)26/h7-12,15-18,23H,4-6,13-14,19-20H2,1-3H3. The van der Waals surface area contributed by atoms with Gasteiger partial charge in [0.2, 0.25) is 0 Å². The first-order valence-corrected chi connectivity index (χ1v) is 14.1. The van der Waals surface area contributed by atoms with E-state index >= 15 is 0 Å². The second-order valence-corrected chi connectivity index (χ2v) is 16.2.